The second-order valence-electron chi connectivity index (χ2n) is 9.00. The minimum atomic E-state index is -0.548. The Bertz CT molecular complexity index is 1620. The van der Waals surface area contributed by atoms with Crippen molar-refractivity contribution in [2.45, 2.75) is 12.5 Å². The number of esters is 1. The summed E-state index contributed by atoms with van der Waals surface area (Å²) in [5.41, 5.74) is 9.87. The SMILES string of the molecule is COc1ccc(/C=C/C(=O)Oc2ccc3c(c2)OC(N)=C(C#N)C3c2cccc(OCc3ccccc3)c2)cc1. The van der Waals surface area contributed by atoms with Gasteiger partial charge in [-0.15, -0.1) is 0 Å². The summed E-state index contributed by atoms with van der Waals surface area (Å²) in [7, 11) is 1.59. The van der Waals surface area contributed by atoms with Crippen molar-refractivity contribution in [3.05, 3.63) is 137 Å². The van der Waals surface area contributed by atoms with Crippen LogP contribution in [0, 0.1) is 11.3 Å². The van der Waals surface area contributed by atoms with Crippen LogP contribution in [0.5, 0.6) is 23.0 Å². The van der Waals surface area contributed by atoms with Crippen molar-refractivity contribution in [2.75, 3.05) is 7.11 Å². The third-order valence-electron chi connectivity index (χ3n) is 6.38. The normalized spacial score (nSPS) is 14.2. The molecule has 0 saturated carbocycles. The highest BCUT2D eigenvalue weighted by Gasteiger charge is 2.31. The number of methoxy groups -OCH3 is 1. The lowest BCUT2D eigenvalue weighted by Crippen LogP contribution is -2.21. The molecule has 0 aromatic heterocycles. The van der Waals surface area contributed by atoms with Crippen molar-refractivity contribution in [1.29, 1.82) is 5.26 Å². The first-order valence-electron chi connectivity index (χ1n) is 12.6. The van der Waals surface area contributed by atoms with Crippen LogP contribution in [0.4, 0.5) is 0 Å². The first-order chi connectivity index (χ1) is 19.5. The maximum absolute atomic E-state index is 12.5. The number of hydrogen-bond acceptors (Lipinski definition) is 7. The van der Waals surface area contributed by atoms with Crippen molar-refractivity contribution in [1.82, 2.24) is 0 Å². The summed E-state index contributed by atoms with van der Waals surface area (Å²) in [5, 5.41) is 9.91. The minimum absolute atomic E-state index is 0.00140. The fraction of sp³-hybridized carbons (Fsp3) is 0.0909. The maximum atomic E-state index is 12.5. The van der Waals surface area contributed by atoms with Gasteiger partial charge in [-0.2, -0.15) is 5.26 Å². The van der Waals surface area contributed by atoms with Crippen LogP contribution in [-0.2, 0) is 11.4 Å². The molecule has 40 heavy (non-hydrogen) atoms. The van der Waals surface area contributed by atoms with Gasteiger partial charge in [0.1, 0.15) is 41.2 Å². The number of carbonyl (C=O) groups is 1. The van der Waals surface area contributed by atoms with E-state index in [2.05, 4.69) is 6.07 Å². The summed E-state index contributed by atoms with van der Waals surface area (Å²) in [5.74, 6) is 1.06. The van der Waals surface area contributed by atoms with Gasteiger partial charge in [-0.25, -0.2) is 4.79 Å². The summed E-state index contributed by atoms with van der Waals surface area (Å²) in [6, 6.07) is 31.9. The van der Waals surface area contributed by atoms with Gasteiger partial charge in [0, 0.05) is 17.7 Å². The Balaban J connectivity index is 1.35. The van der Waals surface area contributed by atoms with Crippen LogP contribution >= 0.6 is 0 Å². The summed E-state index contributed by atoms with van der Waals surface area (Å²) in [4.78, 5) is 12.5. The number of nitrogens with two attached hydrogens (primary N) is 1. The zero-order valence-electron chi connectivity index (χ0n) is 21.7. The van der Waals surface area contributed by atoms with Gasteiger partial charge in [-0.05, 0) is 53.1 Å². The molecule has 198 valence electrons. The highest BCUT2D eigenvalue weighted by Crippen LogP contribution is 2.44. The van der Waals surface area contributed by atoms with Crippen LogP contribution < -0.4 is 24.7 Å². The molecule has 1 heterocycles. The monoisotopic (exact) mass is 530 g/mol. The van der Waals surface area contributed by atoms with E-state index in [1.54, 1.807) is 43.5 Å². The Morgan fingerprint density at radius 1 is 0.950 bits per heavy atom. The van der Waals surface area contributed by atoms with Gasteiger partial charge in [0.2, 0.25) is 5.88 Å². The molecule has 1 unspecified atom stereocenters. The van der Waals surface area contributed by atoms with Crippen LogP contribution in [0.15, 0.2) is 115 Å². The maximum Gasteiger partial charge on any atom is 0.336 e. The zero-order chi connectivity index (χ0) is 27.9. The second kappa shape index (κ2) is 11.9. The predicted octanol–water partition coefficient (Wildman–Crippen LogP) is 6.11. The Morgan fingerprint density at radius 2 is 1.73 bits per heavy atom. The van der Waals surface area contributed by atoms with Crippen LogP contribution in [0.2, 0.25) is 0 Å². The van der Waals surface area contributed by atoms with E-state index in [1.165, 1.54) is 6.08 Å². The van der Waals surface area contributed by atoms with E-state index >= 15 is 0 Å². The number of carbonyl (C=O) groups excluding carboxylic acids is 1. The number of benzene rings is 4. The van der Waals surface area contributed by atoms with E-state index in [0.717, 1.165) is 28.0 Å². The Hall–Kier alpha value is -5.48. The van der Waals surface area contributed by atoms with E-state index in [-0.39, 0.29) is 11.6 Å². The van der Waals surface area contributed by atoms with Crippen LogP contribution in [-0.4, -0.2) is 13.1 Å². The largest absolute Gasteiger partial charge is 0.497 e. The molecule has 0 spiro atoms. The fourth-order valence-corrected chi connectivity index (χ4v) is 4.40. The molecular weight excluding hydrogens is 504 g/mol. The van der Waals surface area contributed by atoms with Crippen molar-refractivity contribution in [3.8, 4) is 29.1 Å². The average molecular weight is 531 g/mol. The molecular formula is C33H26N2O5. The molecule has 0 aliphatic carbocycles. The van der Waals surface area contributed by atoms with Crippen LogP contribution in [0.25, 0.3) is 6.08 Å². The lowest BCUT2D eigenvalue weighted by Gasteiger charge is -2.27. The number of rotatable bonds is 8. The highest BCUT2D eigenvalue weighted by molar-refractivity contribution is 5.88. The topological polar surface area (TPSA) is 104 Å². The molecule has 4 aromatic carbocycles. The number of nitrogens with zero attached hydrogens (tertiary/aromatic N) is 1. The molecule has 7 nitrogen and oxygen atoms in total. The molecule has 0 saturated heterocycles. The van der Waals surface area contributed by atoms with E-state index < -0.39 is 11.9 Å². The van der Waals surface area contributed by atoms with Gasteiger partial charge in [0.15, 0.2) is 0 Å². The Kier molecular flexibility index (Phi) is 7.79. The summed E-state index contributed by atoms with van der Waals surface area (Å²) >= 11 is 0. The lowest BCUT2D eigenvalue weighted by molar-refractivity contribution is -0.128. The Labute approximate surface area is 232 Å². The molecule has 5 rings (SSSR count). The van der Waals surface area contributed by atoms with Gasteiger partial charge < -0.3 is 24.7 Å². The van der Waals surface area contributed by atoms with Gasteiger partial charge in [-0.1, -0.05) is 60.7 Å². The van der Waals surface area contributed by atoms with Crippen molar-refractivity contribution in [2.24, 2.45) is 5.73 Å². The summed E-state index contributed by atoms with van der Waals surface area (Å²) < 4.78 is 22.4. The molecule has 1 atom stereocenters. The lowest BCUT2D eigenvalue weighted by atomic mass is 9.83. The van der Waals surface area contributed by atoms with Crippen LogP contribution in [0.1, 0.15) is 28.2 Å². The third-order valence-corrected chi connectivity index (χ3v) is 6.38. The number of fused-ring (bicyclic) bond motifs is 1. The van der Waals surface area contributed by atoms with E-state index in [4.69, 9.17) is 24.7 Å². The van der Waals surface area contributed by atoms with Crippen molar-refractivity contribution >= 4 is 12.0 Å². The summed E-state index contributed by atoms with van der Waals surface area (Å²) in [6.45, 7) is 0.416. The molecule has 2 N–H and O–H groups in total. The van der Waals surface area contributed by atoms with Crippen molar-refractivity contribution in [3.63, 3.8) is 0 Å². The highest BCUT2D eigenvalue weighted by atomic mass is 16.5. The first kappa shape index (κ1) is 26.1. The van der Waals surface area contributed by atoms with Gasteiger partial charge in [0.05, 0.1) is 13.0 Å². The smallest absolute Gasteiger partial charge is 0.336 e. The molecule has 0 radical (unpaired) electrons. The quantitative estimate of drug-likeness (QED) is 0.166. The van der Waals surface area contributed by atoms with Gasteiger partial charge in [-0.3, -0.25) is 0 Å². The minimum Gasteiger partial charge on any atom is -0.497 e. The van der Waals surface area contributed by atoms with E-state index in [0.29, 0.717) is 23.7 Å². The zero-order valence-corrected chi connectivity index (χ0v) is 21.7. The predicted molar refractivity (Wildman–Crippen MR) is 151 cm³/mol. The molecule has 7 heteroatoms. The van der Waals surface area contributed by atoms with Crippen molar-refractivity contribution < 1.29 is 23.7 Å². The molecule has 1 aliphatic rings. The standard InChI is InChI=1S/C33H26N2O5/c1-37-25-13-10-22(11-14-25)12-17-31(36)39-27-15-16-28-30(19-27)40-33(35)29(20-34)32(28)24-8-5-9-26(18-24)38-21-23-6-3-2-4-7-23/h2-19,32H,21,35H2,1H3/b17-12+. The average Bonchev–Trinajstić information content (AvgIpc) is 2.99. The molecule has 4 aromatic rings. The molecule has 1 aliphatic heterocycles. The van der Waals surface area contributed by atoms with E-state index in [9.17, 15) is 10.1 Å². The number of hydrogen-bond donors (Lipinski definition) is 1. The third kappa shape index (κ3) is 5.98. The molecule has 0 bridgehead atoms. The van der Waals surface area contributed by atoms with Gasteiger partial charge >= 0.3 is 5.97 Å². The molecule has 0 fully saturated rings. The fourth-order valence-electron chi connectivity index (χ4n) is 4.40. The second-order valence-corrected chi connectivity index (χ2v) is 9.00. The van der Waals surface area contributed by atoms with Gasteiger partial charge in [0.25, 0.3) is 0 Å². The number of ether oxygens (including phenoxy) is 4. The Morgan fingerprint density at radius 3 is 2.48 bits per heavy atom. The number of allylic oxidation sites excluding steroid dienone is 1. The molecule has 0 amide bonds. The van der Waals surface area contributed by atoms with E-state index in [1.807, 2.05) is 66.7 Å². The number of nitriles is 1. The summed E-state index contributed by atoms with van der Waals surface area (Å²) in [6.07, 6.45) is 2.99. The van der Waals surface area contributed by atoms with Crippen LogP contribution in [0.3, 0.4) is 0 Å². The first-order valence-corrected chi connectivity index (χ1v) is 12.6.